The van der Waals surface area contributed by atoms with Gasteiger partial charge in [-0.3, -0.25) is 0 Å². The van der Waals surface area contributed by atoms with Gasteiger partial charge in [-0.25, -0.2) is 4.98 Å². The molecule has 3 rings (SSSR count). The van der Waals surface area contributed by atoms with Crippen molar-refractivity contribution in [2.45, 2.75) is 52.2 Å². The average molecular weight is 303 g/mol. The lowest BCUT2D eigenvalue weighted by molar-refractivity contribution is 0.181. The Morgan fingerprint density at radius 2 is 2.27 bits per heavy atom. The second kappa shape index (κ2) is 6.60. The molecule has 0 bridgehead atoms. The number of aromatic nitrogens is 4. The van der Waals surface area contributed by atoms with Crippen molar-refractivity contribution < 1.29 is 4.74 Å². The van der Waals surface area contributed by atoms with Gasteiger partial charge in [0.2, 0.25) is 0 Å². The molecular formula is C16H25N5O. The van der Waals surface area contributed by atoms with E-state index in [-0.39, 0.29) is 0 Å². The van der Waals surface area contributed by atoms with Gasteiger partial charge in [-0.15, -0.1) is 0 Å². The maximum absolute atomic E-state index is 5.24. The van der Waals surface area contributed by atoms with E-state index < -0.39 is 0 Å². The fraction of sp³-hybridized carbons (Fsp3) is 0.688. The monoisotopic (exact) mass is 303 g/mol. The molecule has 0 N–H and O–H groups in total. The highest BCUT2D eigenvalue weighted by atomic mass is 16.5. The van der Waals surface area contributed by atoms with E-state index in [0.29, 0.717) is 18.4 Å². The van der Waals surface area contributed by atoms with Crippen LogP contribution in [0, 0.1) is 5.92 Å². The summed E-state index contributed by atoms with van der Waals surface area (Å²) in [6.45, 7) is 6.16. The fourth-order valence-electron chi connectivity index (χ4n) is 3.23. The highest BCUT2D eigenvalue weighted by molar-refractivity contribution is 5.49. The SMILES string of the molecule is COCc1cc(N2CCCC2CCC(C)C)n2ncnc2n1. The molecule has 1 unspecified atom stereocenters. The van der Waals surface area contributed by atoms with Gasteiger partial charge in [0.05, 0.1) is 12.3 Å². The van der Waals surface area contributed by atoms with Crippen LogP contribution in [0.1, 0.15) is 45.2 Å². The minimum absolute atomic E-state index is 0.501. The smallest absolute Gasteiger partial charge is 0.254 e. The van der Waals surface area contributed by atoms with Crippen LogP contribution in [0.25, 0.3) is 5.78 Å². The molecule has 22 heavy (non-hydrogen) atoms. The van der Waals surface area contributed by atoms with Gasteiger partial charge in [-0.2, -0.15) is 14.6 Å². The summed E-state index contributed by atoms with van der Waals surface area (Å²) < 4.78 is 7.09. The largest absolute Gasteiger partial charge is 0.378 e. The van der Waals surface area contributed by atoms with Crippen LogP contribution in [0.4, 0.5) is 5.82 Å². The van der Waals surface area contributed by atoms with Crippen molar-refractivity contribution in [1.29, 1.82) is 0 Å². The third kappa shape index (κ3) is 3.06. The van der Waals surface area contributed by atoms with Crippen molar-refractivity contribution in [2.24, 2.45) is 5.92 Å². The first kappa shape index (κ1) is 15.2. The Morgan fingerprint density at radius 3 is 3.05 bits per heavy atom. The lowest BCUT2D eigenvalue weighted by Gasteiger charge is -2.27. The number of anilines is 1. The van der Waals surface area contributed by atoms with E-state index in [2.05, 4.69) is 39.9 Å². The van der Waals surface area contributed by atoms with E-state index in [4.69, 9.17) is 4.74 Å². The minimum atomic E-state index is 0.501. The molecule has 0 radical (unpaired) electrons. The molecule has 3 heterocycles. The third-order valence-corrected chi connectivity index (χ3v) is 4.33. The van der Waals surface area contributed by atoms with Gasteiger partial charge in [-0.05, 0) is 31.6 Å². The van der Waals surface area contributed by atoms with Gasteiger partial charge in [0.1, 0.15) is 12.1 Å². The van der Waals surface area contributed by atoms with Crippen molar-refractivity contribution in [2.75, 3.05) is 18.6 Å². The molecule has 120 valence electrons. The number of ether oxygens (including phenoxy) is 1. The summed E-state index contributed by atoms with van der Waals surface area (Å²) in [6.07, 6.45) is 6.56. The summed E-state index contributed by atoms with van der Waals surface area (Å²) in [5, 5.41) is 4.35. The van der Waals surface area contributed by atoms with Crippen LogP contribution in [0.15, 0.2) is 12.4 Å². The Balaban J connectivity index is 1.91. The highest BCUT2D eigenvalue weighted by Gasteiger charge is 2.27. The number of nitrogens with zero attached hydrogens (tertiary/aromatic N) is 5. The van der Waals surface area contributed by atoms with Crippen molar-refractivity contribution in [3.63, 3.8) is 0 Å². The van der Waals surface area contributed by atoms with Crippen LogP contribution in [0.3, 0.4) is 0 Å². The molecule has 0 spiro atoms. The lowest BCUT2D eigenvalue weighted by Crippen LogP contribution is -2.31. The topological polar surface area (TPSA) is 55.6 Å². The summed E-state index contributed by atoms with van der Waals surface area (Å²) in [4.78, 5) is 11.2. The molecule has 2 aromatic rings. The average Bonchev–Trinajstić information content (AvgIpc) is 3.13. The maximum atomic E-state index is 5.24. The van der Waals surface area contributed by atoms with Gasteiger partial charge < -0.3 is 9.64 Å². The molecule has 1 atom stereocenters. The second-order valence-corrected chi connectivity index (χ2v) is 6.47. The molecule has 0 saturated carbocycles. The molecule has 6 nitrogen and oxygen atoms in total. The van der Waals surface area contributed by atoms with Crippen molar-refractivity contribution in [1.82, 2.24) is 19.6 Å². The van der Waals surface area contributed by atoms with E-state index in [1.165, 1.54) is 25.7 Å². The molecule has 1 aliphatic heterocycles. The molecule has 0 aromatic carbocycles. The molecule has 6 heteroatoms. The van der Waals surface area contributed by atoms with Crippen LogP contribution in [-0.2, 0) is 11.3 Å². The quantitative estimate of drug-likeness (QED) is 0.821. The minimum Gasteiger partial charge on any atom is -0.378 e. The Hall–Kier alpha value is -1.69. The fourth-order valence-corrected chi connectivity index (χ4v) is 3.23. The normalized spacial score (nSPS) is 18.7. The Morgan fingerprint density at radius 1 is 1.41 bits per heavy atom. The van der Waals surface area contributed by atoms with Crippen molar-refractivity contribution in [3.05, 3.63) is 18.1 Å². The number of hydrogen-bond donors (Lipinski definition) is 0. The van der Waals surface area contributed by atoms with Crippen molar-refractivity contribution in [3.8, 4) is 0 Å². The standard InChI is InChI=1S/C16H25N5O/c1-12(2)6-7-14-5-4-8-20(14)15-9-13(10-22-3)19-16-17-11-18-21(15)16/h9,11-12,14H,4-8,10H2,1-3H3. The van der Waals surface area contributed by atoms with E-state index in [1.807, 2.05) is 4.52 Å². The Bertz CT molecular complexity index is 624. The summed E-state index contributed by atoms with van der Waals surface area (Å²) >= 11 is 0. The van der Waals surface area contributed by atoms with Crippen LogP contribution in [0.5, 0.6) is 0 Å². The molecule has 2 aromatic heterocycles. The predicted molar refractivity (Wildman–Crippen MR) is 85.9 cm³/mol. The lowest BCUT2D eigenvalue weighted by atomic mass is 10.0. The van der Waals surface area contributed by atoms with Gasteiger partial charge in [-0.1, -0.05) is 13.8 Å². The van der Waals surface area contributed by atoms with Crippen LogP contribution < -0.4 is 4.90 Å². The van der Waals surface area contributed by atoms with E-state index >= 15 is 0 Å². The summed E-state index contributed by atoms with van der Waals surface area (Å²) in [7, 11) is 1.69. The van der Waals surface area contributed by atoms with Gasteiger partial charge >= 0.3 is 0 Å². The van der Waals surface area contributed by atoms with Crippen molar-refractivity contribution >= 4 is 11.6 Å². The Labute approximate surface area is 131 Å². The Kier molecular flexibility index (Phi) is 4.57. The maximum Gasteiger partial charge on any atom is 0.254 e. The molecule has 0 amide bonds. The van der Waals surface area contributed by atoms with Crippen LogP contribution in [-0.4, -0.2) is 39.3 Å². The zero-order valence-electron chi connectivity index (χ0n) is 13.7. The molecule has 0 aliphatic carbocycles. The highest BCUT2D eigenvalue weighted by Crippen LogP contribution is 2.29. The zero-order chi connectivity index (χ0) is 15.5. The number of rotatable bonds is 6. The van der Waals surface area contributed by atoms with E-state index in [9.17, 15) is 0 Å². The van der Waals surface area contributed by atoms with Crippen LogP contribution >= 0.6 is 0 Å². The molecule has 1 aliphatic rings. The van der Waals surface area contributed by atoms with Gasteiger partial charge in [0.15, 0.2) is 0 Å². The first-order valence-electron chi connectivity index (χ1n) is 8.14. The van der Waals surface area contributed by atoms with E-state index in [0.717, 1.165) is 24.0 Å². The molecule has 1 fully saturated rings. The summed E-state index contributed by atoms with van der Waals surface area (Å²) in [6, 6.07) is 2.69. The zero-order valence-corrected chi connectivity index (χ0v) is 13.7. The first-order valence-corrected chi connectivity index (χ1v) is 8.14. The summed E-state index contributed by atoms with van der Waals surface area (Å²) in [5.74, 6) is 2.50. The third-order valence-electron chi connectivity index (χ3n) is 4.33. The number of fused-ring (bicyclic) bond motifs is 1. The molecule has 1 saturated heterocycles. The van der Waals surface area contributed by atoms with Gasteiger partial charge in [0, 0.05) is 25.8 Å². The number of methoxy groups -OCH3 is 1. The molecular weight excluding hydrogens is 278 g/mol. The summed E-state index contributed by atoms with van der Waals surface area (Å²) in [5.41, 5.74) is 0.910. The van der Waals surface area contributed by atoms with Gasteiger partial charge in [0.25, 0.3) is 5.78 Å². The predicted octanol–water partition coefficient (Wildman–Crippen LogP) is 2.68. The number of hydrogen-bond acceptors (Lipinski definition) is 5. The second-order valence-electron chi connectivity index (χ2n) is 6.47. The first-order chi connectivity index (χ1) is 10.7. The van der Waals surface area contributed by atoms with E-state index in [1.54, 1.807) is 13.4 Å². The van der Waals surface area contributed by atoms with Crippen LogP contribution in [0.2, 0.25) is 0 Å².